The van der Waals surface area contributed by atoms with Crippen LogP contribution in [-0.2, 0) is 0 Å². The lowest BCUT2D eigenvalue weighted by Gasteiger charge is -2.35. The third-order valence-corrected chi connectivity index (χ3v) is 13.4. The van der Waals surface area contributed by atoms with Crippen molar-refractivity contribution >= 4 is 17.4 Å². The van der Waals surface area contributed by atoms with Crippen LogP contribution in [0.3, 0.4) is 0 Å². The fourth-order valence-corrected chi connectivity index (χ4v) is 7.71. The van der Waals surface area contributed by atoms with Crippen LogP contribution in [0.25, 0.3) is 0 Å². The van der Waals surface area contributed by atoms with Crippen LogP contribution in [-0.4, -0.2) is 99.1 Å². The summed E-state index contributed by atoms with van der Waals surface area (Å²) in [6.07, 6.45) is 1.000. The van der Waals surface area contributed by atoms with Gasteiger partial charge < -0.3 is 19.8 Å². The Kier molecular flexibility index (Phi) is 20.6. The Balaban J connectivity index is -0.000000308. The molecule has 0 heterocycles. The predicted octanol–water partition coefficient (Wildman–Crippen LogP) is 1.83. The fraction of sp³-hybridized carbons (Fsp3) is 1.00. The van der Waals surface area contributed by atoms with Gasteiger partial charge >= 0.3 is 0 Å². The maximum absolute atomic E-state index is 3.42. The molecule has 0 aliphatic rings. The van der Waals surface area contributed by atoms with Crippen LogP contribution in [0.4, 0.5) is 0 Å². The van der Waals surface area contributed by atoms with E-state index in [1.807, 2.05) is 14.1 Å². The SMILES string of the molecule is CCN(C)C(C)NC.CCN(C)C(C)NC.CN[Si](C)(C)N(C)[SiH](C)C. The van der Waals surface area contributed by atoms with Gasteiger partial charge in [-0.05, 0) is 82.3 Å². The quantitative estimate of drug-likeness (QED) is 0.400. The van der Waals surface area contributed by atoms with Gasteiger partial charge in [-0.25, -0.2) is 0 Å². The predicted molar refractivity (Wildman–Crippen MR) is 127 cm³/mol. The maximum atomic E-state index is 3.42. The van der Waals surface area contributed by atoms with Crippen molar-refractivity contribution in [3.05, 3.63) is 0 Å². The highest BCUT2D eigenvalue weighted by Crippen LogP contribution is 2.04. The van der Waals surface area contributed by atoms with Gasteiger partial charge in [0.2, 0.25) is 0 Å². The molecule has 0 aromatic heterocycles. The lowest BCUT2D eigenvalue weighted by Crippen LogP contribution is -2.60. The summed E-state index contributed by atoms with van der Waals surface area (Å²) >= 11 is 0. The van der Waals surface area contributed by atoms with Gasteiger partial charge in [-0.3, -0.25) is 9.80 Å². The van der Waals surface area contributed by atoms with Gasteiger partial charge in [0.1, 0.15) is 0 Å². The molecule has 26 heavy (non-hydrogen) atoms. The molecule has 2 unspecified atom stereocenters. The number of rotatable bonds is 9. The average Bonchev–Trinajstić information content (AvgIpc) is 2.65. The van der Waals surface area contributed by atoms with E-state index >= 15 is 0 Å². The number of hydrogen-bond donors (Lipinski definition) is 3. The zero-order valence-corrected chi connectivity index (χ0v) is 22.6. The summed E-state index contributed by atoms with van der Waals surface area (Å²) in [5, 5.41) is 6.28. The Hall–Kier alpha value is 0.194. The van der Waals surface area contributed by atoms with Crippen molar-refractivity contribution in [3.63, 3.8) is 0 Å². The molecule has 0 amide bonds. The van der Waals surface area contributed by atoms with Crippen molar-refractivity contribution in [2.45, 2.75) is 66.2 Å². The smallest absolute Gasteiger partial charge is 0.190 e. The molecule has 0 radical (unpaired) electrons. The molecule has 0 aliphatic heterocycles. The fourth-order valence-electron chi connectivity index (χ4n) is 1.81. The summed E-state index contributed by atoms with van der Waals surface area (Å²) in [4.78, 5) is 7.89. The van der Waals surface area contributed by atoms with Gasteiger partial charge in [-0.1, -0.05) is 26.9 Å². The van der Waals surface area contributed by atoms with Crippen molar-refractivity contribution < 1.29 is 0 Å². The minimum absolute atomic E-state index is 0.500. The first kappa shape index (κ1) is 30.9. The van der Waals surface area contributed by atoms with E-state index in [0.29, 0.717) is 12.3 Å². The molecular formula is C18H52N6Si2. The lowest BCUT2D eigenvalue weighted by molar-refractivity contribution is 0.242. The topological polar surface area (TPSA) is 45.8 Å². The van der Waals surface area contributed by atoms with E-state index in [0.717, 1.165) is 13.1 Å². The zero-order valence-electron chi connectivity index (χ0n) is 20.5. The van der Waals surface area contributed by atoms with Gasteiger partial charge in [-0.15, -0.1) is 0 Å². The van der Waals surface area contributed by atoms with Crippen LogP contribution in [0.15, 0.2) is 0 Å². The maximum Gasteiger partial charge on any atom is 0.190 e. The number of nitrogens with one attached hydrogen (secondary N) is 3. The standard InChI is InChI=1S/C6H20N2Si2.2C6H16N2/c1-7-10(5,6)8(2)9(3)4;2*1-5-8(4)6(2)7-3/h7,9H,1-6H3;2*6-7H,5H2,1-4H3. The van der Waals surface area contributed by atoms with Gasteiger partial charge in [0.25, 0.3) is 0 Å². The van der Waals surface area contributed by atoms with Crippen LogP contribution in [0.1, 0.15) is 27.7 Å². The molecule has 3 N–H and O–H groups in total. The Bertz CT molecular complexity index is 273. The van der Waals surface area contributed by atoms with Gasteiger partial charge in [-0.2, -0.15) is 0 Å². The normalized spacial score (nSPS) is 14.1. The van der Waals surface area contributed by atoms with Crippen molar-refractivity contribution in [1.29, 1.82) is 0 Å². The summed E-state index contributed by atoms with van der Waals surface area (Å²) in [7, 11) is 10.7. The van der Waals surface area contributed by atoms with Crippen molar-refractivity contribution in [1.82, 2.24) is 29.6 Å². The Morgan fingerprint density at radius 2 is 1.12 bits per heavy atom. The second kappa shape index (κ2) is 17.3. The van der Waals surface area contributed by atoms with E-state index in [9.17, 15) is 0 Å². The van der Waals surface area contributed by atoms with Crippen molar-refractivity contribution in [3.8, 4) is 0 Å². The molecule has 6 nitrogen and oxygen atoms in total. The van der Waals surface area contributed by atoms with Gasteiger partial charge in [0.15, 0.2) is 8.40 Å². The Morgan fingerprint density at radius 1 is 0.808 bits per heavy atom. The zero-order chi connectivity index (χ0) is 21.5. The van der Waals surface area contributed by atoms with Crippen LogP contribution in [0.2, 0.25) is 26.2 Å². The van der Waals surface area contributed by atoms with E-state index in [2.05, 4.69) is 112 Å². The first-order valence-electron chi connectivity index (χ1n) is 10.0. The largest absolute Gasteiger partial charge is 0.339 e. The lowest BCUT2D eigenvalue weighted by atomic mass is 10.5. The summed E-state index contributed by atoms with van der Waals surface area (Å²) in [5.74, 6) is 0. The minimum atomic E-state index is -1.20. The van der Waals surface area contributed by atoms with Crippen LogP contribution in [0.5, 0.6) is 0 Å². The molecule has 2 atom stereocenters. The molecule has 0 saturated carbocycles. The summed E-state index contributed by atoms with van der Waals surface area (Å²) in [5.41, 5.74) is 0. The third-order valence-electron chi connectivity index (χ3n) is 5.42. The Labute approximate surface area is 168 Å². The second-order valence-electron chi connectivity index (χ2n) is 7.59. The molecule has 0 spiro atoms. The number of nitrogens with zero attached hydrogens (tertiary/aromatic N) is 3. The van der Waals surface area contributed by atoms with Crippen LogP contribution < -0.4 is 15.6 Å². The highest BCUT2D eigenvalue weighted by atomic mass is 28.4. The van der Waals surface area contributed by atoms with Gasteiger partial charge in [0.05, 0.1) is 21.3 Å². The molecule has 0 fully saturated rings. The van der Waals surface area contributed by atoms with E-state index in [-0.39, 0.29) is 0 Å². The molecule has 0 aliphatic carbocycles. The molecule has 0 bridgehead atoms. The molecule has 0 saturated heterocycles. The van der Waals surface area contributed by atoms with Crippen LogP contribution >= 0.6 is 0 Å². The summed E-state index contributed by atoms with van der Waals surface area (Å²) < 4.78 is 2.58. The summed E-state index contributed by atoms with van der Waals surface area (Å²) in [6.45, 7) is 20.2. The molecule has 0 rings (SSSR count). The van der Waals surface area contributed by atoms with E-state index in [1.165, 1.54) is 0 Å². The van der Waals surface area contributed by atoms with Crippen LogP contribution in [0, 0.1) is 0 Å². The average molecular weight is 409 g/mol. The van der Waals surface area contributed by atoms with Gasteiger partial charge in [0, 0.05) is 0 Å². The molecule has 0 aromatic rings. The minimum Gasteiger partial charge on any atom is -0.339 e. The first-order chi connectivity index (χ1) is 11.9. The summed E-state index contributed by atoms with van der Waals surface area (Å²) in [6, 6.07) is 0. The monoisotopic (exact) mass is 408 g/mol. The van der Waals surface area contributed by atoms with Crippen molar-refractivity contribution in [2.24, 2.45) is 0 Å². The highest BCUT2D eigenvalue weighted by Gasteiger charge is 2.26. The van der Waals surface area contributed by atoms with E-state index in [4.69, 9.17) is 0 Å². The highest BCUT2D eigenvalue weighted by molar-refractivity contribution is 6.81. The molecule has 8 heteroatoms. The molecule has 0 aromatic carbocycles. The second-order valence-corrected chi connectivity index (χ2v) is 15.4. The van der Waals surface area contributed by atoms with E-state index in [1.54, 1.807) is 0 Å². The first-order valence-corrected chi connectivity index (χ1v) is 15.8. The van der Waals surface area contributed by atoms with Crippen molar-refractivity contribution in [2.75, 3.05) is 55.4 Å². The molecule has 162 valence electrons. The third kappa shape index (κ3) is 15.3. The number of hydrogen-bond acceptors (Lipinski definition) is 6. The Morgan fingerprint density at radius 3 is 1.19 bits per heavy atom. The van der Waals surface area contributed by atoms with E-state index < -0.39 is 17.4 Å². The molecular weight excluding hydrogens is 356 g/mol.